The standard InChI is InChI=1S/C19H22N4O2/c1-14-5-6-18(25-14)12-22-8-9-23-16(10-21-19(23)15(22)2)13-24-17-4-3-7-20-11-17/h3-7,10-11,15H,8-9,12-13H2,1-2H3/t15-/m1/s1. The van der Waals surface area contributed by atoms with E-state index in [9.17, 15) is 0 Å². The van der Waals surface area contributed by atoms with E-state index in [2.05, 4.69) is 32.4 Å². The van der Waals surface area contributed by atoms with Crippen LogP contribution in [0.25, 0.3) is 0 Å². The molecular weight excluding hydrogens is 316 g/mol. The van der Waals surface area contributed by atoms with E-state index in [-0.39, 0.29) is 6.04 Å². The zero-order valence-electron chi connectivity index (χ0n) is 14.6. The van der Waals surface area contributed by atoms with Crippen molar-refractivity contribution in [3.63, 3.8) is 0 Å². The maximum absolute atomic E-state index is 5.83. The van der Waals surface area contributed by atoms with E-state index in [0.717, 1.165) is 48.4 Å². The van der Waals surface area contributed by atoms with Crippen molar-refractivity contribution in [2.75, 3.05) is 6.54 Å². The van der Waals surface area contributed by atoms with Crippen LogP contribution < -0.4 is 4.74 Å². The summed E-state index contributed by atoms with van der Waals surface area (Å²) in [6, 6.07) is 8.09. The Morgan fingerprint density at radius 1 is 1.24 bits per heavy atom. The van der Waals surface area contributed by atoms with Crippen LogP contribution in [0.2, 0.25) is 0 Å². The topological polar surface area (TPSA) is 56.3 Å². The number of hydrogen-bond donors (Lipinski definition) is 0. The first-order valence-electron chi connectivity index (χ1n) is 8.57. The van der Waals surface area contributed by atoms with Gasteiger partial charge in [0.05, 0.1) is 30.7 Å². The zero-order valence-corrected chi connectivity index (χ0v) is 14.6. The molecule has 0 aromatic carbocycles. The summed E-state index contributed by atoms with van der Waals surface area (Å²) in [5.41, 5.74) is 1.10. The van der Waals surface area contributed by atoms with Gasteiger partial charge in [-0.25, -0.2) is 4.98 Å². The number of imidazole rings is 1. The number of furan rings is 1. The molecule has 0 aliphatic carbocycles. The van der Waals surface area contributed by atoms with E-state index >= 15 is 0 Å². The highest BCUT2D eigenvalue weighted by atomic mass is 16.5. The number of rotatable bonds is 5. The summed E-state index contributed by atoms with van der Waals surface area (Å²) in [6.45, 7) is 7.35. The SMILES string of the molecule is Cc1ccc(CN2CCn3c(COc4cccnc4)cnc3[C@H]2C)o1. The van der Waals surface area contributed by atoms with Gasteiger partial charge in [0.1, 0.15) is 29.7 Å². The lowest BCUT2D eigenvalue weighted by Gasteiger charge is -2.33. The summed E-state index contributed by atoms with van der Waals surface area (Å²) in [6.07, 6.45) is 5.39. The summed E-state index contributed by atoms with van der Waals surface area (Å²) in [7, 11) is 0. The molecule has 0 spiro atoms. The van der Waals surface area contributed by atoms with E-state index in [1.807, 2.05) is 31.3 Å². The Kier molecular flexibility index (Phi) is 4.28. The first-order valence-corrected chi connectivity index (χ1v) is 8.57. The third-order valence-electron chi connectivity index (χ3n) is 4.68. The van der Waals surface area contributed by atoms with Crippen molar-refractivity contribution in [1.82, 2.24) is 19.4 Å². The van der Waals surface area contributed by atoms with Crippen molar-refractivity contribution < 1.29 is 9.15 Å². The van der Waals surface area contributed by atoms with Crippen molar-refractivity contribution in [2.24, 2.45) is 0 Å². The van der Waals surface area contributed by atoms with E-state index in [1.165, 1.54) is 0 Å². The van der Waals surface area contributed by atoms with Gasteiger partial charge in [-0.05, 0) is 38.1 Å². The minimum atomic E-state index is 0.242. The molecule has 6 heteroatoms. The molecular formula is C19H22N4O2. The molecule has 3 aromatic heterocycles. The van der Waals surface area contributed by atoms with E-state index < -0.39 is 0 Å². The quantitative estimate of drug-likeness (QED) is 0.714. The summed E-state index contributed by atoms with van der Waals surface area (Å²) in [5, 5.41) is 0. The van der Waals surface area contributed by atoms with Crippen molar-refractivity contribution in [2.45, 2.75) is 39.6 Å². The first-order chi connectivity index (χ1) is 12.2. The lowest BCUT2D eigenvalue weighted by atomic mass is 10.2. The van der Waals surface area contributed by atoms with Gasteiger partial charge in [-0.15, -0.1) is 0 Å². The molecule has 0 radical (unpaired) electrons. The van der Waals surface area contributed by atoms with Crippen LogP contribution in [0, 0.1) is 6.92 Å². The molecule has 0 bridgehead atoms. The van der Waals surface area contributed by atoms with Crippen LogP contribution in [0.4, 0.5) is 0 Å². The van der Waals surface area contributed by atoms with Crippen LogP contribution in [0.3, 0.4) is 0 Å². The largest absolute Gasteiger partial charge is 0.486 e. The minimum absolute atomic E-state index is 0.242. The number of fused-ring (bicyclic) bond motifs is 1. The van der Waals surface area contributed by atoms with Crippen molar-refractivity contribution >= 4 is 0 Å². The van der Waals surface area contributed by atoms with Gasteiger partial charge in [0, 0.05) is 19.3 Å². The Morgan fingerprint density at radius 2 is 2.16 bits per heavy atom. The second-order valence-electron chi connectivity index (χ2n) is 6.40. The Bertz CT molecular complexity index is 840. The van der Waals surface area contributed by atoms with Gasteiger partial charge >= 0.3 is 0 Å². The van der Waals surface area contributed by atoms with E-state index in [4.69, 9.17) is 9.15 Å². The Balaban J connectivity index is 1.45. The highest BCUT2D eigenvalue weighted by Crippen LogP contribution is 2.27. The van der Waals surface area contributed by atoms with Gasteiger partial charge in [0.2, 0.25) is 0 Å². The molecule has 6 nitrogen and oxygen atoms in total. The van der Waals surface area contributed by atoms with E-state index in [0.29, 0.717) is 6.61 Å². The number of ether oxygens (including phenoxy) is 1. The fourth-order valence-electron chi connectivity index (χ4n) is 3.30. The van der Waals surface area contributed by atoms with Crippen molar-refractivity contribution in [3.8, 4) is 5.75 Å². The van der Waals surface area contributed by atoms with Gasteiger partial charge in [-0.2, -0.15) is 0 Å². The molecule has 0 fully saturated rings. The summed E-state index contributed by atoms with van der Waals surface area (Å²) in [5.74, 6) is 3.82. The maximum atomic E-state index is 5.83. The Labute approximate surface area is 147 Å². The van der Waals surface area contributed by atoms with Gasteiger partial charge in [0.15, 0.2) is 0 Å². The smallest absolute Gasteiger partial charge is 0.138 e. The van der Waals surface area contributed by atoms with E-state index in [1.54, 1.807) is 12.4 Å². The normalized spacial score (nSPS) is 17.4. The summed E-state index contributed by atoms with van der Waals surface area (Å²) >= 11 is 0. The average molecular weight is 338 g/mol. The van der Waals surface area contributed by atoms with Crippen LogP contribution in [-0.2, 0) is 19.7 Å². The van der Waals surface area contributed by atoms with Crippen molar-refractivity contribution in [3.05, 3.63) is 65.9 Å². The first kappa shape index (κ1) is 15.9. The monoisotopic (exact) mass is 338 g/mol. The predicted octanol–water partition coefficient (Wildman–Crippen LogP) is 3.34. The maximum Gasteiger partial charge on any atom is 0.138 e. The molecule has 25 heavy (non-hydrogen) atoms. The third-order valence-corrected chi connectivity index (χ3v) is 4.68. The number of nitrogens with zero attached hydrogens (tertiary/aromatic N) is 4. The fraction of sp³-hybridized carbons (Fsp3) is 0.368. The highest BCUT2D eigenvalue weighted by Gasteiger charge is 2.27. The number of hydrogen-bond acceptors (Lipinski definition) is 5. The molecule has 0 unspecified atom stereocenters. The molecule has 0 amide bonds. The second-order valence-corrected chi connectivity index (χ2v) is 6.40. The Morgan fingerprint density at radius 3 is 2.92 bits per heavy atom. The molecule has 0 saturated carbocycles. The molecule has 0 saturated heterocycles. The molecule has 130 valence electrons. The summed E-state index contributed by atoms with van der Waals surface area (Å²) < 4.78 is 13.8. The number of pyridine rings is 1. The van der Waals surface area contributed by atoms with Crippen LogP contribution >= 0.6 is 0 Å². The lowest BCUT2D eigenvalue weighted by molar-refractivity contribution is 0.141. The van der Waals surface area contributed by atoms with Crippen LogP contribution in [0.1, 0.15) is 36.0 Å². The molecule has 4 rings (SSSR count). The number of aromatic nitrogens is 3. The molecule has 1 aliphatic heterocycles. The minimum Gasteiger partial charge on any atom is -0.486 e. The van der Waals surface area contributed by atoms with Gasteiger partial charge in [-0.1, -0.05) is 0 Å². The second kappa shape index (κ2) is 6.72. The molecule has 3 aromatic rings. The molecule has 1 aliphatic rings. The van der Waals surface area contributed by atoms with Crippen LogP contribution in [-0.4, -0.2) is 26.0 Å². The average Bonchev–Trinajstić information content (AvgIpc) is 3.23. The fourth-order valence-corrected chi connectivity index (χ4v) is 3.30. The molecule has 4 heterocycles. The summed E-state index contributed by atoms with van der Waals surface area (Å²) in [4.78, 5) is 11.1. The van der Waals surface area contributed by atoms with Gasteiger partial charge < -0.3 is 13.7 Å². The van der Waals surface area contributed by atoms with Gasteiger partial charge in [-0.3, -0.25) is 9.88 Å². The number of aryl methyl sites for hydroxylation is 1. The van der Waals surface area contributed by atoms with Crippen LogP contribution in [0.15, 0.2) is 47.3 Å². The zero-order chi connectivity index (χ0) is 17.2. The third kappa shape index (κ3) is 3.30. The van der Waals surface area contributed by atoms with Crippen molar-refractivity contribution in [1.29, 1.82) is 0 Å². The molecule has 0 N–H and O–H groups in total. The molecule has 1 atom stereocenters. The van der Waals surface area contributed by atoms with Crippen LogP contribution in [0.5, 0.6) is 5.75 Å². The Hall–Kier alpha value is -2.60. The lowest BCUT2D eigenvalue weighted by Crippen LogP contribution is -2.37. The van der Waals surface area contributed by atoms with Gasteiger partial charge in [0.25, 0.3) is 0 Å². The predicted molar refractivity (Wildman–Crippen MR) is 93.1 cm³/mol. The highest BCUT2D eigenvalue weighted by molar-refractivity contribution is 5.17.